The number of benzene rings is 2. The molecule has 1 saturated heterocycles. The lowest BCUT2D eigenvalue weighted by Gasteiger charge is -2.31. The quantitative estimate of drug-likeness (QED) is 0.331. The number of piperidine rings is 1. The van der Waals surface area contributed by atoms with Gasteiger partial charge in [0.15, 0.2) is 0 Å². The minimum absolute atomic E-state index is 0.0135. The normalized spacial score (nSPS) is 15.1. The number of hydrogen-bond acceptors (Lipinski definition) is 5. The van der Waals surface area contributed by atoms with Crippen LogP contribution >= 0.6 is 0 Å². The van der Waals surface area contributed by atoms with Gasteiger partial charge >= 0.3 is 0 Å². The van der Waals surface area contributed by atoms with Gasteiger partial charge in [0, 0.05) is 44.0 Å². The number of rotatable bonds is 11. The maximum absolute atomic E-state index is 12.7. The molecule has 0 saturated carbocycles. The molecule has 0 bridgehead atoms. The fourth-order valence-corrected chi connectivity index (χ4v) is 5.89. The number of nitrogens with zero attached hydrogens (tertiary/aromatic N) is 2. The molecule has 212 valence electrons. The van der Waals surface area contributed by atoms with Crippen LogP contribution in [0.25, 0.3) is 0 Å². The second kappa shape index (κ2) is 16.5. The van der Waals surface area contributed by atoms with Crippen molar-refractivity contribution in [2.45, 2.75) is 43.0 Å². The first kappa shape index (κ1) is 30.9. The Hall–Kier alpha value is -3.59. The van der Waals surface area contributed by atoms with Crippen molar-refractivity contribution >= 4 is 15.9 Å². The van der Waals surface area contributed by atoms with Gasteiger partial charge in [-0.2, -0.15) is 0 Å². The van der Waals surface area contributed by atoms with Gasteiger partial charge in [0.2, 0.25) is 15.9 Å². The molecule has 1 aromatic heterocycles. The average molecular weight is 561 g/mol. The van der Waals surface area contributed by atoms with Crippen molar-refractivity contribution in [2.75, 3.05) is 26.2 Å². The summed E-state index contributed by atoms with van der Waals surface area (Å²) < 4.78 is 27.9. The molecule has 1 aliphatic heterocycles. The number of likely N-dealkylation sites (tertiary alicyclic amines) is 1. The van der Waals surface area contributed by atoms with Crippen LogP contribution in [0.4, 0.5) is 0 Å². The zero-order valence-electron chi connectivity index (χ0n) is 23.2. The second-order valence-electron chi connectivity index (χ2n) is 9.72. The van der Waals surface area contributed by atoms with E-state index in [1.54, 1.807) is 42.6 Å². The van der Waals surface area contributed by atoms with Gasteiger partial charge in [0.05, 0.1) is 11.4 Å². The molecule has 0 aliphatic carbocycles. The van der Waals surface area contributed by atoms with Crippen LogP contribution in [-0.2, 0) is 21.2 Å². The first-order chi connectivity index (χ1) is 19.4. The lowest BCUT2D eigenvalue weighted by Crippen LogP contribution is -2.47. The van der Waals surface area contributed by atoms with Crippen LogP contribution in [-0.4, -0.2) is 56.4 Å². The van der Waals surface area contributed by atoms with Crippen LogP contribution in [0.5, 0.6) is 0 Å². The van der Waals surface area contributed by atoms with Gasteiger partial charge in [0.25, 0.3) is 0 Å². The van der Waals surface area contributed by atoms with E-state index in [1.165, 1.54) is 5.56 Å². The highest BCUT2D eigenvalue weighted by atomic mass is 32.2. The molecule has 0 radical (unpaired) electrons. The predicted octanol–water partition coefficient (Wildman–Crippen LogP) is 4.72. The molecule has 1 amide bonds. The molecule has 8 heteroatoms. The lowest BCUT2D eigenvalue weighted by atomic mass is 9.92. The first-order valence-corrected chi connectivity index (χ1v) is 15.1. The Kier molecular flexibility index (Phi) is 12.8. The van der Waals surface area contributed by atoms with E-state index >= 15 is 0 Å². The van der Waals surface area contributed by atoms with Crippen molar-refractivity contribution in [3.05, 3.63) is 121 Å². The standard InChI is InChI=1S/C27H32N4O3S.C5H8/c32-27(29-20-24(23-9-3-1-4-10-23)18-22-8-7-15-28-19-22)21-31-16-13-25(14-17-31)30-35(33,34)26-11-5-2-6-12-26;1-3-5-4-2/h1-12,15,19,24-25,30H,13-14,16-18,20-21H2,(H,29,32);3-5H,1H2,2H3/b;5-4-. The Balaban J connectivity index is 0.000000810. The summed E-state index contributed by atoms with van der Waals surface area (Å²) in [5.41, 5.74) is 2.32. The van der Waals surface area contributed by atoms with E-state index in [0.29, 0.717) is 39.0 Å². The highest BCUT2D eigenvalue weighted by Gasteiger charge is 2.25. The van der Waals surface area contributed by atoms with Crippen LogP contribution in [0.3, 0.4) is 0 Å². The zero-order chi connectivity index (χ0) is 28.6. The Morgan fingerprint density at radius 1 is 1.05 bits per heavy atom. The van der Waals surface area contributed by atoms with Crippen molar-refractivity contribution < 1.29 is 13.2 Å². The summed E-state index contributed by atoms with van der Waals surface area (Å²) in [6, 6.07) is 22.5. The van der Waals surface area contributed by atoms with Gasteiger partial charge in [-0.05, 0) is 55.5 Å². The number of amides is 1. The van der Waals surface area contributed by atoms with Crippen LogP contribution in [0.2, 0.25) is 0 Å². The van der Waals surface area contributed by atoms with Crippen molar-refractivity contribution in [3.8, 4) is 0 Å². The molecule has 7 nitrogen and oxygen atoms in total. The molecule has 3 aromatic rings. The van der Waals surface area contributed by atoms with E-state index in [2.05, 4.69) is 44.7 Å². The third-order valence-electron chi connectivity index (χ3n) is 6.68. The van der Waals surface area contributed by atoms with Crippen molar-refractivity contribution in [1.82, 2.24) is 19.9 Å². The van der Waals surface area contributed by atoms with E-state index in [1.807, 2.05) is 49.5 Å². The predicted molar refractivity (Wildman–Crippen MR) is 161 cm³/mol. The molecule has 2 aromatic carbocycles. The number of nitrogens with one attached hydrogen (secondary N) is 2. The number of carbonyl (C=O) groups is 1. The fraction of sp³-hybridized carbons (Fsp3) is 0.312. The van der Waals surface area contributed by atoms with E-state index < -0.39 is 10.0 Å². The molecular formula is C32H40N4O3S. The zero-order valence-corrected chi connectivity index (χ0v) is 24.0. The highest BCUT2D eigenvalue weighted by molar-refractivity contribution is 7.89. The fourth-order valence-electron chi connectivity index (χ4n) is 4.56. The largest absolute Gasteiger partial charge is 0.354 e. The Bertz CT molecular complexity index is 1290. The summed E-state index contributed by atoms with van der Waals surface area (Å²) in [5, 5.41) is 3.11. The monoisotopic (exact) mass is 560 g/mol. The third kappa shape index (κ3) is 10.5. The number of allylic oxidation sites excluding steroid dienone is 3. The van der Waals surface area contributed by atoms with E-state index in [4.69, 9.17) is 0 Å². The second-order valence-corrected chi connectivity index (χ2v) is 11.4. The molecular weight excluding hydrogens is 520 g/mol. The molecule has 0 spiro atoms. The Morgan fingerprint density at radius 2 is 1.73 bits per heavy atom. The SMILES string of the molecule is C=C/C=C\C.O=C(CN1CCC(NS(=O)(=O)c2ccccc2)CC1)NCC(Cc1cccnc1)c1ccccc1. The Labute approximate surface area is 239 Å². The van der Waals surface area contributed by atoms with Gasteiger partial charge in [-0.1, -0.05) is 79.4 Å². The third-order valence-corrected chi connectivity index (χ3v) is 8.22. The number of sulfonamides is 1. The summed E-state index contributed by atoms with van der Waals surface area (Å²) in [5.74, 6) is 0.142. The van der Waals surface area contributed by atoms with Crippen LogP contribution in [0.15, 0.2) is 115 Å². The minimum Gasteiger partial charge on any atom is -0.354 e. The average Bonchev–Trinajstić information content (AvgIpc) is 2.98. The molecule has 1 aliphatic rings. The van der Waals surface area contributed by atoms with E-state index in [9.17, 15) is 13.2 Å². The molecule has 40 heavy (non-hydrogen) atoms. The highest BCUT2D eigenvalue weighted by Crippen LogP contribution is 2.20. The summed E-state index contributed by atoms with van der Waals surface area (Å²) in [6.07, 6.45) is 11.4. The minimum atomic E-state index is -3.52. The first-order valence-electron chi connectivity index (χ1n) is 13.6. The molecule has 2 heterocycles. The van der Waals surface area contributed by atoms with E-state index in [0.717, 1.165) is 12.0 Å². The number of hydrogen-bond donors (Lipinski definition) is 2. The molecule has 1 unspecified atom stereocenters. The van der Waals surface area contributed by atoms with Crippen molar-refractivity contribution in [2.24, 2.45) is 0 Å². The molecule has 4 rings (SSSR count). The van der Waals surface area contributed by atoms with Gasteiger partial charge in [-0.15, -0.1) is 0 Å². The van der Waals surface area contributed by atoms with Crippen LogP contribution in [0, 0.1) is 0 Å². The number of aromatic nitrogens is 1. The number of carbonyl (C=O) groups excluding carboxylic acids is 1. The summed E-state index contributed by atoms with van der Waals surface area (Å²) in [6.45, 7) is 7.63. The smallest absolute Gasteiger partial charge is 0.240 e. The molecule has 2 N–H and O–H groups in total. The van der Waals surface area contributed by atoms with Gasteiger partial charge in [-0.3, -0.25) is 14.7 Å². The van der Waals surface area contributed by atoms with Crippen LogP contribution < -0.4 is 10.0 Å². The van der Waals surface area contributed by atoms with Gasteiger partial charge < -0.3 is 5.32 Å². The summed E-state index contributed by atoms with van der Waals surface area (Å²) in [4.78, 5) is 19.3. The maximum atomic E-state index is 12.7. The van der Waals surface area contributed by atoms with Crippen LogP contribution in [0.1, 0.15) is 36.8 Å². The van der Waals surface area contributed by atoms with E-state index in [-0.39, 0.29) is 22.8 Å². The molecule has 1 atom stereocenters. The van der Waals surface area contributed by atoms with Gasteiger partial charge in [0.1, 0.15) is 0 Å². The summed E-state index contributed by atoms with van der Waals surface area (Å²) in [7, 11) is -3.52. The topological polar surface area (TPSA) is 91.4 Å². The van der Waals surface area contributed by atoms with Gasteiger partial charge in [-0.25, -0.2) is 13.1 Å². The lowest BCUT2D eigenvalue weighted by molar-refractivity contribution is -0.122. The van der Waals surface area contributed by atoms with Crippen molar-refractivity contribution in [3.63, 3.8) is 0 Å². The number of pyridine rings is 1. The van der Waals surface area contributed by atoms with Crippen molar-refractivity contribution in [1.29, 1.82) is 0 Å². The Morgan fingerprint density at radius 3 is 2.30 bits per heavy atom. The maximum Gasteiger partial charge on any atom is 0.240 e. The molecule has 1 fully saturated rings. The summed E-state index contributed by atoms with van der Waals surface area (Å²) >= 11 is 0.